The molecule has 1 aromatic heterocycles. The molecule has 1 heterocycles. The average Bonchev–Trinajstić information content (AvgIpc) is 2.27. The molecule has 0 fully saturated rings. The quantitative estimate of drug-likeness (QED) is 0.806. The number of hydrogen-bond acceptors (Lipinski definition) is 2. The topological polar surface area (TPSA) is 24.9 Å². The van der Waals surface area contributed by atoms with E-state index in [-0.39, 0.29) is 0 Å². The Kier molecular flexibility index (Phi) is 2.69. The first-order valence-corrected chi connectivity index (χ1v) is 5.25. The lowest BCUT2D eigenvalue weighted by atomic mass is 10.1. The van der Waals surface area contributed by atoms with Crippen LogP contribution >= 0.6 is 0 Å². The van der Waals surface area contributed by atoms with E-state index in [2.05, 4.69) is 47.6 Å². The zero-order valence-corrected chi connectivity index (χ0v) is 9.41. The number of hydrogen-bond donors (Lipinski definition) is 1. The largest absolute Gasteiger partial charge is 0.313 e. The zero-order chi connectivity index (χ0) is 10.8. The highest BCUT2D eigenvalue weighted by Gasteiger charge is 2.03. The van der Waals surface area contributed by atoms with Gasteiger partial charge in [-0.25, -0.2) is 0 Å². The fourth-order valence-corrected chi connectivity index (χ4v) is 1.68. The van der Waals surface area contributed by atoms with Crippen LogP contribution in [0.4, 0.5) is 0 Å². The van der Waals surface area contributed by atoms with Crippen LogP contribution in [-0.2, 0) is 0 Å². The number of nitrogens with zero attached hydrogens (tertiary/aromatic N) is 1. The predicted octanol–water partition coefficient (Wildman–Crippen LogP) is 2.82. The highest BCUT2D eigenvalue weighted by Crippen LogP contribution is 2.19. The summed E-state index contributed by atoms with van der Waals surface area (Å²) in [7, 11) is 1.97. The average molecular weight is 200 g/mol. The first-order chi connectivity index (χ1) is 7.20. The van der Waals surface area contributed by atoms with E-state index in [1.807, 2.05) is 14.0 Å². The number of aryl methyl sites for hydroxylation is 1. The van der Waals surface area contributed by atoms with Gasteiger partial charge in [0.05, 0.1) is 5.52 Å². The van der Waals surface area contributed by atoms with Gasteiger partial charge in [0, 0.05) is 17.1 Å². The van der Waals surface area contributed by atoms with Crippen LogP contribution in [0.5, 0.6) is 0 Å². The van der Waals surface area contributed by atoms with Crippen molar-refractivity contribution in [2.24, 2.45) is 0 Å². The van der Waals surface area contributed by atoms with Crippen LogP contribution in [0.2, 0.25) is 0 Å². The summed E-state index contributed by atoms with van der Waals surface area (Å²) < 4.78 is 0. The van der Waals surface area contributed by atoms with Crippen molar-refractivity contribution in [3.05, 3.63) is 41.6 Å². The summed E-state index contributed by atoms with van der Waals surface area (Å²) in [4.78, 5) is 4.48. The summed E-state index contributed by atoms with van der Waals surface area (Å²) in [5, 5.41) is 4.45. The molecule has 1 N–H and O–H groups in total. The molecule has 2 rings (SSSR count). The molecule has 0 aliphatic heterocycles. The fraction of sp³-hybridized carbons (Fsp3) is 0.308. The molecule has 1 atom stereocenters. The van der Waals surface area contributed by atoms with Gasteiger partial charge < -0.3 is 5.32 Å². The second-order valence-electron chi connectivity index (χ2n) is 3.92. The van der Waals surface area contributed by atoms with Crippen molar-refractivity contribution in [2.75, 3.05) is 7.05 Å². The third-order valence-electron chi connectivity index (χ3n) is 2.79. The van der Waals surface area contributed by atoms with Crippen LogP contribution in [0.3, 0.4) is 0 Å². The maximum atomic E-state index is 4.48. The second-order valence-corrected chi connectivity index (χ2v) is 3.92. The van der Waals surface area contributed by atoms with Gasteiger partial charge in [0.2, 0.25) is 0 Å². The molecule has 0 saturated heterocycles. The smallest absolute Gasteiger partial charge is 0.0705 e. The first-order valence-electron chi connectivity index (χ1n) is 5.25. The van der Waals surface area contributed by atoms with Gasteiger partial charge in [-0.1, -0.05) is 12.1 Å². The van der Waals surface area contributed by atoms with Crippen molar-refractivity contribution >= 4 is 10.9 Å². The van der Waals surface area contributed by atoms with Crippen molar-refractivity contribution in [3.8, 4) is 0 Å². The molecule has 0 bridgehead atoms. The van der Waals surface area contributed by atoms with Gasteiger partial charge in [-0.2, -0.15) is 0 Å². The van der Waals surface area contributed by atoms with Crippen LogP contribution < -0.4 is 5.32 Å². The van der Waals surface area contributed by atoms with E-state index in [1.165, 1.54) is 10.9 Å². The molecule has 0 aliphatic rings. The number of aromatic nitrogens is 1. The van der Waals surface area contributed by atoms with E-state index < -0.39 is 0 Å². The summed E-state index contributed by atoms with van der Waals surface area (Å²) in [6.07, 6.45) is 0. The van der Waals surface area contributed by atoms with Crippen LogP contribution in [-0.4, -0.2) is 12.0 Å². The van der Waals surface area contributed by atoms with Gasteiger partial charge >= 0.3 is 0 Å². The van der Waals surface area contributed by atoms with E-state index in [9.17, 15) is 0 Å². The van der Waals surface area contributed by atoms with Gasteiger partial charge in [-0.15, -0.1) is 0 Å². The molecule has 0 saturated carbocycles. The standard InChI is InChI=1S/C13H16N2/c1-9-4-5-12-8-11(10(2)14-3)6-7-13(12)15-9/h4-8,10,14H,1-3H3. The molecule has 1 aromatic carbocycles. The third-order valence-corrected chi connectivity index (χ3v) is 2.79. The van der Waals surface area contributed by atoms with Crippen LogP contribution in [0.15, 0.2) is 30.3 Å². The Balaban J connectivity index is 2.52. The van der Waals surface area contributed by atoms with Gasteiger partial charge in [0.25, 0.3) is 0 Å². The number of fused-ring (bicyclic) bond motifs is 1. The molecule has 2 aromatic rings. The fourth-order valence-electron chi connectivity index (χ4n) is 1.68. The number of pyridine rings is 1. The molecule has 0 radical (unpaired) electrons. The maximum Gasteiger partial charge on any atom is 0.0705 e. The lowest BCUT2D eigenvalue weighted by Crippen LogP contribution is -2.11. The number of benzene rings is 1. The normalized spacial score (nSPS) is 13.0. The lowest BCUT2D eigenvalue weighted by molar-refractivity contribution is 0.653. The molecule has 78 valence electrons. The SMILES string of the molecule is CNC(C)c1ccc2nc(C)ccc2c1. The highest BCUT2D eigenvalue weighted by atomic mass is 14.8. The van der Waals surface area contributed by atoms with Gasteiger partial charge in [-0.05, 0) is 44.7 Å². The Bertz CT molecular complexity index is 477. The van der Waals surface area contributed by atoms with E-state index in [1.54, 1.807) is 0 Å². The second kappa shape index (κ2) is 3.99. The molecule has 2 nitrogen and oxygen atoms in total. The molecular formula is C13H16N2. The summed E-state index contributed by atoms with van der Waals surface area (Å²) >= 11 is 0. The summed E-state index contributed by atoms with van der Waals surface area (Å²) in [5.41, 5.74) is 3.44. The Morgan fingerprint density at radius 3 is 2.73 bits per heavy atom. The van der Waals surface area contributed by atoms with Crippen molar-refractivity contribution in [1.82, 2.24) is 10.3 Å². The van der Waals surface area contributed by atoms with Crippen molar-refractivity contribution in [1.29, 1.82) is 0 Å². The Morgan fingerprint density at radius 2 is 2.00 bits per heavy atom. The van der Waals surface area contributed by atoms with Crippen molar-refractivity contribution in [3.63, 3.8) is 0 Å². The molecule has 0 aliphatic carbocycles. The van der Waals surface area contributed by atoms with Gasteiger partial charge in [0.1, 0.15) is 0 Å². The number of nitrogens with one attached hydrogen (secondary N) is 1. The van der Waals surface area contributed by atoms with E-state index in [0.29, 0.717) is 6.04 Å². The number of rotatable bonds is 2. The Hall–Kier alpha value is -1.41. The third kappa shape index (κ3) is 2.00. The maximum absolute atomic E-state index is 4.48. The molecule has 0 spiro atoms. The molecule has 1 unspecified atom stereocenters. The van der Waals surface area contributed by atoms with Crippen LogP contribution in [0.1, 0.15) is 24.2 Å². The monoisotopic (exact) mass is 200 g/mol. The zero-order valence-electron chi connectivity index (χ0n) is 9.41. The predicted molar refractivity (Wildman–Crippen MR) is 64.0 cm³/mol. The highest BCUT2D eigenvalue weighted by molar-refractivity contribution is 5.79. The summed E-state index contributed by atoms with van der Waals surface area (Å²) in [6, 6.07) is 11.0. The molecule has 15 heavy (non-hydrogen) atoms. The first kappa shape index (κ1) is 10.1. The van der Waals surface area contributed by atoms with Crippen molar-refractivity contribution < 1.29 is 0 Å². The molecule has 0 amide bonds. The minimum Gasteiger partial charge on any atom is -0.313 e. The van der Waals surface area contributed by atoms with Gasteiger partial charge in [0.15, 0.2) is 0 Å². The van der Waals surface area contributed by atoms with Crippen molar-refractivity contribution in [2.45, 2.75) is 19.9 Å². The molecular weight excluding hydrogens is 184 g/mol. The minimum atomic E-state index is 0.385. The van der Waals surface area contributed by atoms with Crippen LogP contribution in [0, 0.1) is 6.92 Å². The van der Waals surface area contributed by atoms with Crippen LogP contribution in [0.25, 0.3) is 10.9 Å². The van der Waals surface area contributed by atoms with E-state index in [0.717, 1.165) is 11.2 Å². The van der Waals surface area contributed by atoms with E-state index >= 15 is 0 Å². The summed E-state index contributed by atoms with van der Waals surface area (Å²) in [6.45, 7) is 4.17. The molecule has 2 heteroatoms. The van der Waals surface area contributed by atoms with E-state index in [4.69, 9.17) is 0 Å². The Labute approximate surface area is 90.3 Å². The minimum absolute atomic E-state index is 0.385. The Morgan fingerprint density at radius 1 is 1.20 bits per heavy atom. The lowest BCUT2D eigenvalue weighted by Gasteiger charge is -2.11. The van der Waals surface area contributed by atoms with Gasteiger partial charge in [-0.3, -0.25) is 4.98 Å². The summed E-state index contributed by atoms with van der Waals surface area (Å²) in [5.74, 6) is 0.